The van der Waals surface area contributed by atoms with Crippen LogP contribution in [-0.2, 0) is 4.79 Å². The summed E-state index contributed by atoms with van der Waals surface area (Å²) in [6.45, 7) is -0.626. The van der Waals surface area contributed by atoms with Crippen LogP contribution in [0, 0.1) is 6.92 Å². The number of nitrogens with one attached hydrogen (secondary N) is 1. The molecule has 0 radical (unpaired) electrons. The molecule has 0 saturated heterocycles. The number of hydrogen-bond acceptors (Lipinski definition) is 3. The van der Waals surface area contributed by atoms with Crippen LogP contribution in [0.1, 0.15) is 15.9 Å². The second-order valence-electron chi connectivity index (χ2n) is 4.09. The Morgan fingerprint density at radius 1 is 1.38 bits per heavy atom. The zero-order valence-corrected chi connectivity index (χ0v) is 12.3. The van der Waals surface area contributed by atoms with Crippen LogP contribution in [0.4, 0.5) is 13.2 Å². The van der Waals surface area contributed by atoms with Gasteiger partial charge in [-0.2, -0.15) is 13.2 Å². The zero-order valence-electron chi connectivity index (χ0n) is 10.8. The molecule has 0 aromatic heterocycles. The molecule has 0 aliphatic rings. The van der Waals surface area contributed by atoms with Crippen LogP contribution in [0.25, 0.3) is 0 Å². The summed E-state index contributed by atoms with van der Waals surface area (Å²) in [6.07, 6.45) is -4.52. The van der Waals surface area contributed by atoms with Gasteiger partial charge in [0.25, 0.3) is 5.91 Å². The van der Waals surface area contributed by atoms with E-state index in [4.69, 9.17) is 9.84 Å². The number of carbonyl (C=O) groups excluding carboxylic acids is 1. The first-order valence-electron chi connectivity index (χ1n) is 5.60. The van der Waals surface area contributed by atoms with Gasteiger partial charge >= 0.3 is 12.1 Å². The smallest absolute Gasteiger partial charge is 0.405 e. The van der Waals surface area contributed by atoms with E-state index in [0.717, 1.165) is 0 Å². The molecule has 9 heteroatoms. The largest absolute Gasteiger partial charge is 0.483 e. The predicted octanol–water partition coefficient (Wildman–Crippen LogP) is 2.51. The number of alkyl halides is 3. The molecule has 0 aliphatic carbocycles. The number of aryl methyl sites for hydroxylation is 1. The van der Waals surface area contributed by atoms with Crippen LogP contribution in [0.5, 0.6) is 5.75 Å². The highest BCUT2D eigenvalue weighted by molar-refractivity contribution is 9.10. The van der Waals surface area contributed by atoms with Crippen LogP contribution in [0.2, 0.25) is 0 Å². The Balaban J connectivity index is 2.75. The van der Waals surface area contributed by atoms with Crippen molar-refractivity contribution in [1.29, 1.82) is 0 Å². The first-order chi connectivity index (χ1) is 9.60. The van der Waals surface area contributed by atoms with Crippen LogP contribution in [0.15, 0.2) is 16.6 Å². The van der Waals surface area contributed by atoms with Crippen molar-refractivity contribution in [3.63, 3.8) is 0 Å². The third-order valence-corrected chi connectivity index (χ3v) is 2.76. The molecular formula is C12H11BrF3NO4. The lowest BCUT2D eigenvalue weighted by molar-refractivity contribution is -0.139. The van der Waals surface area contributed by atoms with Crippen molar-refractivity contribution in [2.45, 2.75) is 13.1 Å². The Labute approximate surface area is 126 Å². The highest BCUT2D eigenvalue weighted by Crippen LogP contribution is 2.28. The molecule has 1 aromatic rings. The molecule has 0 atom stereocenters. The average Bonchev–Trinajstić information content (AvgIpc) is 2.33. The number of amides is 1. The second kappa shape index (κ2) is 6.79. The molecule has 1 rings (SSSR count). The second-order valence-corrected chi connectivity index (χ2v) is 5.00. The maximum Gasteiger partial charge on any atom is 0.405 e. The lowest BCUT2D eigenvalue weighted by atomic mass is 10.1. The number of rotatable bonds is 5. The van der Waals surface area contributed by atoms with Gasteiger partial charge in [0.15, 0.2) is 6.61 Å². The summed E-state index contributed by atoms with van der Waals surface area (Å²) in [4.78, 5) is 22.3. The zero-order chi connectivity index (χ0) is 16.2. The van der Waals surface area contributed by atoms with Crippen molar-refractivity contribution < 1.29 is 32.6 Å². The predicted molar refractivity (Wildman–Crippen MR) is 70.4 cm³/mol. The quantitative estimate of drug-likeness (QED) is 0.835. The molecule has 1 amide bonds. The van der Waals surface area contributed by atoms with E-state index in [-0.39, 0.29) is 11.3 Å². The molecule has 0 spiro atoms. The van der Waals surface area contributed by atoms with Crippen LogP contribution in [0.3, 0.4) is 0 Å². The van der Waals surface area contributed by atoms with E-state index < -0.39 is 31.2 Å². The van der Waals surface area contributed by atoms with Crippen LogP contribution >= 0.6 is 15.9 Å². The first kappa shape index (κ1) is 17.3. The van der Waals surface area contributed by atoms with Crippen molar-refractivity contribution in [2.24, 2.45) is 0 Å². The number of benzene rings is 1. The molecule has 5 nitrogen and oxygen atoms in total. The van der Waals surface area contributed by atoms with Crippen molar-refractivity contribution in [1.82, 2.24) is 5.32 Å². The summed E-state index contributed by atoms with van der Waals surface area (Å²) in [6, 6.07) is 2.84. The minimum Gasteiger partial charge on any atom is -0.483 e. The number of hydrogen-bond donors (Lipinski definition) is 2. The molecule has 0 unspecified atom stereocenters. The Morgan fingerprint density at radius 2 is 2.00 bits per heavy atom. The van der Waals surface area contributed by atoms with Crippen molar-refractivity contribution in [3.05, 3.63) is 27.7 Å². The molecule has 2 N–H and O–H groups in total. The Bertz CT molecular complexity index is 560. The molecule has 116 valence electrons. The van der Waals surface area contributed by atoms with Gasteiger partial charge in [-0.3, -0.25) is 4.79 Å². The summed E-state index contributed by atoms with van der Waals surface area (Å²) in [7, 11) is 0. The average molecular weight is 370 g/mol. The fourth-order valence-electron chi connectivity index (χ4n) is 1.47. The van der Waals surface area contributed by atoms with Gasteiger partial charge in [0.1, 0.15) is 17.9 Å². The third-order valence-electron chi connectivity index (χ3n) is 2.30. The van der Waals surface area contributed by atoms with E-state index in [9.17, 15) is 22.8 Å². The van der Waals surface area contributed by atoms with E-state index >= 15 is 0 Å². The normalized spacial score (nSPS) is 11.1. The topological polar surface area (TPSA) is 75.6 Å². The number of ether oxygens (including phenoxy) is 1. The summed E-state index contributed by atoms with van der Waals surface area (Å²) in [5, 5.41) is 10.7. The minimum atomic E-state index is -4.52. The maximum absolute atomic E-state index is 11.9. The lowest BCUT2D eigenvalue weighted by Crippen LogP contribution is -2.36. The molecular weight excluding hydrogens is 359 g/mol. The van der Waals surface area contributed by atoms with Gasteiger partial charge < -0.3 is 15.2 Å². The van der Waals surface area contributed by atoms with Crippen molar-refractivity contribution >= 4 is 27.8 Å². The van der Waals surface area contributed by atoms with Gasteiger partial charge in [-0.15, -0.1) is 0 Å². The molecule has 21 heavy (non-hydrogen) atoms. The number of halogens is 4. The SMILES string of the molecule is Cc1cc(Br)cc(C(=O)O)c1OCC(=O)NCC(F)(F)F. The first-order valence-corrected chi connectivity index (χ1v) is 6.39. The van der Waals surface area contributed by atoms with Gasteiger partial charge in [0.05, 0.1) is 0 Å². The fraction of sp³-hybridized carbons (Fsp3) is 0.333. The van der Waals surface area contributed by atoms with E-state index in [2.05, 4.69) is 15.9 Å². The maximum atomic E-state index is 11.9. The van der Waals surface area contributed by atoms with Gasteiger partial charge in [-0.1, -0.05) is 15.9 Å². The number of carboxylic acids is 1. The highest BCUT2D eigenvalue weighted by atomic mass is 79.9. The highest BCUT2D eigenvalue weighted by Gasteiger charge is 2.27. The van der Waals surface area contributed by atoms with Crippen LogP contribution in [-0.4, -0.2) is 36.3 Å². The van der Waals surface area contributed by atoms with Crippen molar-refractivity contribution in [2.75, 3.05) is 13.2 Å². The Kier molecular flexibility index (Phi) is 5.59. The van der Waals surface area contributed by atoms with E-state index in [1.54, 1.807) is 18.3 Å². The van der Waals surface area contributed by atoms with Gasteiger partial charge in [-0.25, -0.2) is 4.79 Å². The lowest BCUT2D eigenvalue weighted by Gasteiger charge is -2.13. The Hall–Kier alpha value is -1.77. The number of aromatic carboxylic acids is 1. The standard InChI is InChI=1S/C12H11BrF3NO4/c1-6-2-7(13)3-8(11(19)20)10(6)21-4-9(18)17-5-12(14,15)16/h2-3H,4-5H2,1H3,(H,17,18)(H,19,20). The number of carbonyl (C=O) groups is 2. The summed E-state index contributed by atoms with van der Waals surface area (Å²) < 4.78 is 41.3. The summed E-state index contributed by atoms with van der Waals surface area (Å²) >= 11 is 3.12. The van der Waals surface area contributed by atoms with Gasteiger partial charge in [-0.05, 0) is 24.6 Å². The van der Waals surface area contributed by atoms with Crippen LogP contribution < -0.4 is 10.1 Å². The molecule has 1 aromatic carbocycles. The molecule has 0 bridgehead atoms. The monoisotopic (exact) mass is 369 g/mol. The van der Waals surface area contributed by atoms with E-state index in [0.29, 0.717) is 10.0 Å². The van der Waals surface area contributed by atoms with Gasteiger partial charge in [0.2, 0.25) is 0 Å². The van der Waals surface area contributed by atoms with Gasteiger partial charge in [0, 0.05) is 4.47 Å². The summed E-state index contributed by atoms with van der Waals surface area (Å²) in [5.74, 6) is -2.33. The molecule has 0 fully saturated rings. The molecule has 0 aliphatic heterocycles. The Morgan fingerprint density at radius 3 is 2.52 bits per heavy atom. The fourth-order valence-corrected chi connectivity index (χ4v) is 2.04. The number of carboxylic acid groups (broad SMARTS) is 1. The van der Waals surface area contributed by atoms with E-state index in [1.807, 2.05) is 0 Å². The summed E-state index contributed by atoms with van der Waals surface area (Å²) in [5.41, 5.74) is 0.246. The molecule has 0 heterocycles. The minimum absolute atomic E-state index is 0.0622. The van der Waals surface area contributed by atoms with E-state index in [1.165, 1.54) is 6.07 Å². The third kappa shape index (κ3) is 5.62. The van der Waals surface area contributed by atoms with Crippen molar-refractivity contribution in [3.8, 4) is 5.75 Å². The molecule has 0 saturated carbocycles.